The van der Waals surface area contributed by atoms with Crippen LogP contribution in [0.5, 0.6) is 0 Å². The van der Waals surface area contributed by atoms with Crippen molar-refractivity contribution in [3.63, 3.8) is 0 Å². The highest BCUT2D eigenvalue weighted by molar-refractivity contribution is 6.30. The van der Waals surface area contributed by atoms with Crippen LogP contribution in [0.4, 0.5) is 0 Å². The fourth-order valence-electron chi connectivity index (χ4n) is 2.97. The zero-order valence-corrected chi connectivity index (χ0v) is 15.0. The van der Waals surface area contributed by atoms with Crippen LogP contribution in [-0.2, 0) is 0 Å². The van der Waals surface area contributed by atoms with E-state index in [2.05, 4.69) is 0 Å². The lowest BCUT2D eigenvalue weighted by Gasteiger charge is -2.16. The molecule has 0 aliphatic rings. The van der Waals surface area contributed by atoms with Crippen LogP contribution in [0.1, 0.15) is 45.0 Å². The highest BCUT2D eigenvalue weighted by Gasteiger charge is 2.21. The number of carbonyl (C=O) groups is 2. The minimum Gasteiger partial charge on any atom is -0.294 e. The SMILES string of the molecule is O=C(CC(CC(=O)c1ccccc1)c1ccc(Cl)cc1)c1ccccc1. The van der Waals surface area contributed by atoms with Gasteiger partial charge in [-0.3, -0.25) is 9.59 Å². The fraction of sp³-hybridized carbons (Fsp3) is 0.130. The Morgan fingerprint density at radius 3 is 1.50 bits per heavy atom. The molecule has 0 fully saturated rings. The number of hydrogen-bond donors (Lipinski definition) is 0. The second-order valence-corrected chi connectivity index (χ2v) is 6.67. The van der Waals surface area contributed by atoms with Crippen LogP contribution in [0.15, 0.2) is 84.9 Å². The average Bonchev–Trinajstić information content (AvgIpc) is 2.69. The minimum absolute atomic E-state index is 0.0337. The first kappa shape index (κ1) is 18.1. The number of hydrogen-bond acceptors (Lipinski definition) is 2. The Morgan fingerprint density at radius 1 is 0.654 bits per heavy atom. The van der Waals surface area contributed by atoms with Crippen LogP contribution in [0.25, 0.3) is 0 Å². The molecule has 3 aromatic carbocycles. The zero-order valence-electron chi connectivity index (χ0n) is 14.3. The normalized spacial score (nSPS) is 10.7. The molecule has 0 bridgehead atoms. The number of carbonyl (C=O) groups excluding carboxylic acids is 2. The van der Waals surface area contributed by atoms with Gasteiger partial charge in [0.1, 0.15) is 0 Å². The summed E-state index contributed by atoms with van der Waals surface area (Å²) < 4.78 is 0. The van der Waals surface area contributed by atoms with Crippen molar-refractivity contribution >= 4 is 23.2 Å². The largest absolute Gasteiger partial charge is 0.294 e. The molecule has 0 amide bonds. The van der Waals surface area contributed by atoms with Gasteiger partial charge in [0.05, 0.1) is 0 Å². The van der Waals surface area contributed by atoms with E-state index in [9.17, 15) is 9.59 Å². The van der Waals surface area contributed by atoms with Crippen molar-refractivity contribution in [2.45, 2.75) is 18.8 Å². The van der Waals surface area contributed by atoms with Crippen LogP contribution in [0.2, 0.25) is 5.02 Å². The molecular formula is C23H19ClO2. The summed E-state index contributed by atoms with van der Waals surface area (Å²) in [5.74, 6) is -0.120. The second kappa shape index (κ2) is 8.59. The maximum absolute atomic E-state index is 12.7. The van der Waals surface area contributed by atoms with E-state index in [1.54, 1.807) is 36.4 Å². The van der Waals surface area contributed by atoms with Crippen LogP contribution >= 0.6 is 11.6 Å². The van der Waals surface area contributed by atoms with Gasteiger partial charge in [-0.1, -0.05) is 84.4 Å². The lowest BCUT2D eigenvalue weighted by molar-refractivity contribution is 0.0944. The third kappa shape index (κ3) is 4.68. The van der Waals surface area contributed by atoms with Gasteiger partial charge in [0.25, 0.3) is 0 Å². The molecule has 0 N–H and O–H groups in total. The molecule has 3 heteroatoms. The maximum Gasteiger partial charge on any atom is 0.163 e. The quantitative estimate of drug-likeness (QED) is 0.485. The molecule has 3 rings (SSSR count). The van der Waals surface area contributed by atoms with Crippen molar-refractivity contribution in [1.29, 1.82) is 0 Å². The molecular weight excluding hydrogens is 344 g/mol. The average molecular weight is 363 g/mol. The lowest BCUT2D eigenvalue weighted by Crippen LogP contribution is -2.12. The Hall–Kier alpha value is -2.71. The minimum atomic E-state index is -0.187. The summed E-state index contributed by atoms with van der Waals surface area (Å²) in [4.78, 5) is 25.4. The molecule has 0 unspecified atom stereocenters. The van der Waals surface area contributed by atoms with Crippen LogP contribution < -0.4 is 0 Å². The van der Waals surface area contributed by atoms with Crippen LogP contribution in [0.3, 0.4) is 0 Å². The first-order chi connectivity index (χ1) is 12.6. The second-order valence-electron chi connectivity index (χ2n) is 6.24. The molecule has 0 saturated heterocycles. The van der Waals surface area contributed by atoms with E-state index >= 15 is 0 Å². The highest BCUT2D eigenvalue weighted by Crippen LogP contribution is 2.28. The Morgan fingerprint density at radius 2 is 1.08 bits per heavy atom. The van der Waals surface area contributed by atoms with Crippen molar-refractivity contribution in [2.75, 3.05) is 0 Å². The van der Waals surface area contributed by atoms with Gasteiger partial charge >= 0.3 is 0 Å². The fourth-order valence-corrected chi connectivity index (χ4v) is 3.10. The molecule has 0 atom stereocenters. The predicted octanol–water partition coefficient (Wildman–Crippen LogP) is 5.97. The van der Waals surface area contributed by atoms with E-state index in [0.717, 1.165) is 5.56 Å². The molecule has 130 valence electrons. The van der Waals surface area contributed by atoms with E-state index in [4.69, 9.17) is 11.6 Å². The summed E-state index contributed by atoms with van der Waals surface area (Å²) in [6.07, 6.45) is 0.564. The van der Waals surface area contributed by atoms with E-state index in [1.165, 1.54) is 0 Å². The topological polar surface area (TPSA) is 34.1 Å². The molecule has 26 heavy (non-hydrogen) atoms. The van der Waals surface area contributed by atoms with Gasteiger partial charge in [-0.05, 0) is 23.6 Å². The summed E-state index contributed by atoms with van der Waals surface area (Å²) >= 11 is 5.99. The summed E-state index contributed by atoms with van der Waals surface area (Å²) in [6.45, 7) is 0. The summed E-state index contributed by atoms with van der Waals surface area (Å²) in [7, 11) is 0. The highest BCUT2D eigenvalue weighted by atomic mass is 35.5. The van der Waals surface area contributed by atoms with Gasteiger partial charge in [0.2, 0.25) is 0 Å². The smallest absolute Gasteiger partial charge is 0.163 e. The van der Waals surface area contributed by atoms with Gasteiger partial charge in [0, 0.05) is 29.0 Å². The van der Waals surface area contributed by atoms with Gasteiger partial charge in [-0.2, -0.15) is 0 Å². The van der Waals surface area contributed by atoms with Crippen molar-refractivity contribution in [3.05, 3.63) is 107 Å². The number of halogens is 1. The lowest BCUT2D eigenvalue weighted by atomic mass is 9.86. The molecule has 0 aromatic heterocycles. The van der Waals surface area contributed by atoms with Crippen molar-refractivity contribution in [3.8, 4) is 0 Å². The third-order valence-corrected chi connectivity index (χ3v) is 4.65. The predicted molar refractivity (Wildman–Crippen MR) is 105 cm³/mol. The molecule has 0 saturated carbocycles. The Labute approximate surface area is 158 Å². The summed E-state index contributed by atoms with van der Waals surface area (Å²) in [6, 6.07) is 25.7. The van der Waals surface area contributed by atoms with Crippen LogP contribution in [-0.4, -0.2) is 11.6 Å². The molecule has 0 aliphatic heterocycles. The van der Waals surface area contributed by atoms with Gasteiger partial charge in [-0.25, -0.2) is 0 Å². The Kier molecular flexibility index (Phi) is 5.98. The van der Waals surface area contributed by atoms with Crippen LogP contribution in [0, 0.1) is 0 Å². The third-order valence-electron chi connectivity index (χ3n) is 4.40. The van der Waals surface area contributed by atoms with Crippen molar-refractivity contribution in [2.24, 2.45) is 0 Å². The van der Waals surface area contributed by atoms with Gasteiger partial charge in [0.15, 0.2) is 11.6 Å². The van der Waals surface area contributed by atoms with E-state index in [0.29, 0.717) is 16.1 Å². The zero-order chi connectivity index (χ0) is 18.4. The monoisotopic (exact) mass is 362 g/mol. The summed E-state index contributed by atoms with van der Waals surface area (Å²) in [5.41, 5.74) is 2.28. The molecule has 0 spiro atoms. The van der Waals surface area contributed by atoms with Crippen molar-refractivity contribution in [1.82, 2.24) is 0 Å². The van der Waals surface area contributed by atoms with E-state index < -0.39 is 0 Å². The molecule has 3 aromatic rings. The molecule has 0 heterocycles. The van der Waals surface area contributed by atoms with E-state index in [-0.39, 0.29) is 30.3 Å². The standard InChI is InChI=1S/C23H19ClO2/c24-21-13-11-17(12-14-21)20(15-22(25)18-7-3-1-4-8-18)16-23(26)19-9-5-2-6-10-19/h1-14,20H,15-16H2. The first-order valence-corrected chi connectivity index (χ1v) is 8.93. The van der Waals surface area contributed by atoms with E-state index in [1.807, 2.05) is 48.5 Å². The van der Waals surface area contributed by atoms with Crippen molar-refractivity contribution < 1.29 is 9.59 Å². The molecule has 2 nitrogen and oxygen atoms in total. The maximum atomic E-state index is 12.7. The number of Topliss-reactive ketones (excluding diaryl/α,β-unsaturated/α-hetero) is 2. The number of ketones is 2. The van der Waals surface area contributed by atoms with Gasteiger partial charge in [-0.15, -0.1) is 0 Å². The van der Waals surface area contributed by atoms with Gasteiger partial charge < -0.3 is 0 Å². The molecule has 0 aliphatic carbocycles. The molecule has 0 radical (unpaired) electrons. The summed E-state index contributed by atoms with van der Waals surface area (Å²) in [5, 5.41) is 0.635. The Balaban J connectivity index is 1.83. The number of rotatable bonds is 7. The Bertz CT molecular complexity index is 818. The number of benzene rings is 3. The first-order valence-electron chi connectivity index (χ1n) is 8.55.